The Balaban J connectivity index is 2.08. The van der Waals surface area contributed by atoms with Crippen molar-refractivity contribution in [2.24, 2.45) is 53.1 Å². The van der Waals surface area contributed by atoms with Gasteiger partial charge in [-0.05, 0) is 79.4 Å². The van der Waals surface area contributed by atoms with Gasteiger partial charge in [-0.25, -0.2) is 0 Å². The van der Waals surface area contributed by atoms with Gasteiger partial charge in [0, 0.05) is 32.2 Å². The van der Waals surface area contributed by atoms with Gasteiger partial charge in [0.2, 0.25) is 5.91 Å². The molecule has 0 aromatic rings. The zero-order chi connectivity index (χ0) is 25.3. The van der Waals surface area contributed by atoms with Crippen LogP contribution < -0.4 is 11.1 Å². The van der Waals surface area contributed by atoms with E-state index in [1.54, 1.807) is 6.92 Å². The number of nitrogens with two attached hydrogens (primary N) is 1. The number of aliphatic hydroxyl groups is 2. The van der Waals surface area contributed by atoms with Crippen LogP contribution in [0.3, 0.4) is 0 Å². The zero-order valence-corrected chi connectivity index (χ0v) is 22.8. The molecule has 0 aliphatic heterocycles. The average molecular weight is 481 g/mol. The van der Waals surface area contributed by atoms with Crippen molar-refractivity contribution in [1.82, 2.24) is 5.32 Å². The van der Waals surface area contributed by atoms with Crippen LogP contribution in [0, 0.1) is 47.3 Å². The third-order valence-corrected chi connectivity index (χ3v) is 9.71. The molecule has 0 heterocycles. The summed E-state index contributed by atoms with van der Waals surface area (Å²) >= 11 is 0. The van der Waals surface area contributed by atoms with Crippen molar-refractivity contribution >= 4 is 5.91 Å². The van der Waals surface area contributed by atoms with E-state index < -0.39 is 0 Å². The predicted octanol–water partition coefficient (Wildman–Crippen LogP) is 5.13. The lowest BCUT2D eigenvalue weighted by atomic mass is 9.60. The molecule has 2 aliphatic rings. The lowest BCUT2D eigenvalue weighted by Crippen LogP contribution is -2.53. The Kier molecular flexibility index (Phi) is 12.9. The molecule has 5 nitrogen and oxygen atoms in total. The maximum atomic E-state index is 12.0. The molecule has 34 heavy (non-hydrogen) atoms. The summed E-state index contributed by atoms with van der Waals surface area (Å²) in [5, 5.41) is 23.7. The van der Waals surface area contributed by atoms with Gasteiger partial charge in [-0.15, -0.1) is 0 Å². The Morgan fingerprint density at radius 1 is 0.765 bits per heavy atom. The van der Waals surface area contributed by atoms with Crippen LogP contribution in [-0.4, -0.2) is 41.4 Å². The summed E-state index contributed by atoms with van der Waals surface area (Å²) in [5.41, 5.74) is 6.86. The Morgan fingerprint density at radius 2 is 1.32 bits per heavy atom. The largest absolute Gasteiger partial charge is 0.396 e. The number of rotatable bonds is 13. The van der Waals surface area contributed by atoms with Crippen LogP contribution in [0.4, 0.5) is 0 Å². The first-order valence-corrected chi connectivity index (χ1v) is 14.6. The number of amides is 1. The monoisotopic (exact) mass is 480 g/mol. The zero-order valence-electron chi connectivity index (χ0n) is 22.8. The van der Waals surface area contributed by atoms with Gasteiger partial charge in [-0.1, -0.05) is 66.2 Å². The quantitative estimate of drug-likeness (QED) is 0.294. The highest BCUT2D eigenvalue weighted by atomic mass is 16.3. The Bertz CT molecular complexity index is 586. The second-order valence-corrected chi connectivity index (χ2v) is 11.7. The molecule has 0 radical (unpaired) electrons. The number of carbonyl (C=O) groups is 1. The minimum atomic E-state index is 0.0706. The van der Waals surface area contributed by atoms with Crippen LogP contribution in [0.2, 0.25) is 0 Å². The van der Waals surface area contributed by atoms with E-state index in [2.05, 4.69) is 33.0 Å². The van der Waals surface area contributed by atoms with Crippen molar-refractivity contribution in [3.63, 3.8) is 0 Å². The van der Waals surface area contributed by atoms with Gasteiger partial charge in [-0.3, -0.25) is 4.79 Å². The van der Waals surface area contributed by atoms with Gasteiger partial charge in [0.15, 0.2) is 0 Å². The van der Waals surface area contributed by atoms with E-state index in [-0.39, 0.29) is 31.2 Å². The lowest BCUT2D eigenvalue weighted by Gasteiger charge is -2.48. The second kappa shape index (κ2) is 14.8. The highest BCUT2D eigenvalue weighted by Crippen LogP contribution is 2.46. The summed E-state index contributed by atoms with van der Waals surface area (Å²) in [5.74, 6) is 3.67. The maximum absolute atomic E-state index is 12.0. The third-order valence-electron chi connectivity index (χ3n) is 9.71. The minimum absolute atomic E-state index is 0.0706. The van der Waals surface area contributed by atoms with Crippen molar-refractivity contribution in [3.8, 4) is 0 Å². The first-order valence-electron chi connectivity index (χ1n) is 14.6. The topological polar surface area (TPSA) is 95.6 Å². The van der Waals surface area contributed by atoms with Gasteiger partial charge in [0.25, 0.3) is 0 Å². The molecule has 1 amide bonds. The molecule has 0 bridgehead atoms. The van der Waals surface area contributed by atoms with Gasteiger partial charge in [0.1, 0.15) is 0 Å². The molecular weight excluding hydrogens is 424 g/mol. The van der Waals surface area contributed by atoms with E-state index in [4.69, 9.17) is 5.73 Å². The van der Waals surface area contributed by atoms with Crippen molar-refractivity contribution in [2.45, 2.75) is 117 Å². The number of aliphatic hydroxyl groups excluding tert-OH is 2. The molecule has 5 N–H and O–H groups in total. The highest BCUT2D eigenvalue weighted by Gasteiger charge is 2.44. The van der Waals surface area contributed by atoms with Crippen molar-refractivity contribution in [1.29, 1.82) is 0 Å². The number of nitrogens with one attached hydrogen (secondary N) is 1. The number of hydrogen-bond acceptors (Lipinski definition) is 4. The molecule has 0 saturated heterocycles. The van der Waals surface area contributed by atoms with Gasteiger partial charge in [0.05, 0.1) is 0 Å². The molecule has 2 saturated carbocycles. The van der Waals surface area contributed by atoms with E-state index in [9.17, 15) is 15.0 Å². The smallest absolute Gasteiger partial charge is 0.217 e. The van der Waals surface area contributed by atoms with E-state index in [1.165, 1.54) is 6.42 Å². The molecule has 2 rings (SSSR count). The molecule has 0 spiro atoms. The Morgan fingerprint density at radius 3 is 1.82 bits per heavy atom. The van der Waals surface area contributed by atoms with Crippen molar-refractivity contribution in [2.75, 3.05) is 13.2 Å². The first-order chi connectivity index (χ1) is 16.4. The molecule has 200 valence electrons. The third kappa shape index (κ3) is 7.20. The molecular formula is C29H56N2O3. The summed E-state index contributed by atoms with van der Waals surface area (Å²) < 4.78 is 0. The van der Waals surface area contributed by atoms with E-state index >= 15 is 0 Å². The lowest BCUT2D eigenvalue weighted by molar-refractivity contribution is -0.121. The van der Waals surface area contributed by atoms with Crippen LogP contribution in [0.5, 0.6) is 0 Å². The SMILES string of the molecule is CCC[C@@H]1CC(CO)[C@H](CCC[C@H]2CC(CO)[C@@H](CCC)[C@@H](CC)C2N)[C@@H](CC)C1NC(C)=O. The summed E-state index contributed by atoms with van der Waals surface area (Å²) in [6.07, 6.45) is 12.1. The predicted molar refractivity (Wildman–Crippen MR) is 141 cm³/mol. The average Bonchev–Trinajstić information content (AvgIpc) is 2.81. The number of carbonyl (C=O) groups excluding carboxylic acids is 1. The Hall–Kier alpha value is -0.650. The van der Waals surface area contributed by atoms with Crippen LogP contribution in [0.25, 0.3) is 0 Å². The van der Waals surface area contributed by atoms with Gasteiger partial charge in [-0.2, -0.15) is 0 Å². The maximum Gasteiger partial charge on any atom is 0.217 e. The van der Waals surface area contributed by atoms with Crippen LogP contribution in [0.15, 0.2) is 0 Å². The second-order valence-electron chi connectivity index (χ2n) is 11.7. The molecule has 5 heteroatoms. The Labute approximate surface area is 210 Å². The van der Waals surface area contributed by atoms with Crippen molar-refractivity contribution in [3.05, 3.63) is 0 Å². The fraction of sp³-hybridized carbons (Fsp3) is 0.966. The molecule has 4 unspecified atom stereocenters. The van der Waals surface area contributed by atoms with Crippen LogP contribution >= 0.6 is 0 Å². The highest BCUT2D eigenvalue weighted by molar-refractivity contribution is 5.73. The normalized spacial score (nSPS) is 38.6. The molecule has 2 aliphatic carbocycles. The van der Waals surface area contributed by atoms with E-state index in [0.29, 0.717) is 47.3 Å². The summed E-state index contributed by atoms with van der Waals surface area (Å²) in [6, 6.07) is 0.456. The van der Waals surface area contributed by atoms with Gasteiger partial charge < -0.3 is 21.3 Å². The first kappa shape index (κ1) is 29.6. The van der Waals surface area contributed by atoms with Crippen molar-refractivity contribution < 1.29 is 15.0 Å². The molecule has 2 fully saturated rings. The fourth-order valence-electron chi connectivity index (χ4n) is 8.22. The summed E-state index contributed by atoms with van der Waals surface area (Å²) in [7, 11) is 0. The van der Waals surface area contributed by atoms with Crippen LogP contribution in [-0.2, 0) is 4.79 Å². The summed E-state index contributed by atoms with van der Waals surface area (Å²) in [6.45, 7) is 11.1. The van der Waals surface area contributed by atoms with E-state index in [0.717, 1.165) is 64.2 Å². The molecule has 0 aromatic carbocycles. The van der Waals surface area contributed by atoms with E-state index in [1.807, 2.05) is 0 Å². The standard InChI is InChI=1S/C29H56N2O3/c1-6-11-21-16-23(18-33)27(25(9-4)29(21)31-19(5)34)14-10-13-20-15-22(17-32)26(12-7-2)24(8-3)28(20)30/h20-29,32-33H,6-18,30H2,1-5H3,(H,31,34)/t20-,21+,22?,23?,24+,25+,26+,27-,28?,29?/m0/s1. The fourth-order valence-corrected chi connectivity index (χ4v) is 8.22. The van der Waals surface area contributed by atoms with Crippen LogP contribution in [0.1, 0.15) is 105 Å². The number of hydrogen-bond donors (Lipinski definition) is 4. The molecule has 10 atom stereocenters. The van der Waals surface area contributed by atoms with Gasteiger partial charge >= 0.3 is 0 Å². The minimum Gasteiger partial charge on any atom is -0.396 e. The summed E-state index contributed by atoms with van der Waals surface area (Å²) in [4.78, 5) is 12.0. The molecule has 0 aromatic heterocycles.